The van der Waals surface area contributed by atoms with Gasteiger partial charge in [0.2, 0.25) is 0 Å². The molecule has 0 saturated carbocycles. The van der Waals surface area contributed by atoms with Gasteiger partial charge in [-0.2, -0.15) is 0 Å². The Bertz CT molecular complexity index is 688. The van der Waals surface area contributed by atoms with E-state index in [2.05, 4.69) is 27.4 Å². The summed E-state index contributed by atoms with van der Waals surface area (Å²) in [5, 5.41) is 0.498. The molecule has 17 heavy (non-hydrogen) atoms. The molecule has 4 heteroatoms. The molecule has 0 spiro atoms. The lowest BCUT2D eigenvalue weighted by molar-refractivity contribution is 0.889. The summed E-state index contributed by atoms with van der Waals surface area (Å²) in [5.74, 6) is 0. The Morgan fingerprint density at radius 2 is 2.12 bits per heavy atom. The van der Waals surface area contributed by atoms with Gasteiger partial charge in [-0.05, 0) is 30.7 Å². The van der Waals surface area contributed by atoms with E-state index in [1.807, 2.05) is 18.3 Å². The van der Waals surface area contributed by atoms with Crippen LogP contribution in [0.5, 0.6) is 0 Å². The van der Waals surface area contributed by atoms with E-state index in [4.69, 9.17) is 11.6 Å². The molecule has 3 aromatic rings. The van der Waals surface area contributed by atoms with E-state index in [-0.39, 0.29) is 0 Å². The quantitative estimate of drug-likeness (QED) is 0.647. The van der Waals surface area contributed by atoms with Gasteiger partial charge >= 0.3 is 0 Å². The zero-order valence-electron chi connectivity index (χ0n) is 9.52. The van der Waals surface area contributed by atoms with Gasteiger partial charge in [-0.25, -0.2) is 9.97 Å². The van der Waals surface area contributed by atoms with Crippen LogP contribution in [0.2, 0.25) is 5.15 Å². The predicted molar refractivity (Wildman–Crippen MR) is 69.5 cm³/mol. The maximum absolute atomic E-state index is 5.93. The molecule has 0 amide bonds. The Labute approximate surface area is 104 Å². The first-order valence-electron chi connectivity index (χ1n) is 5.72. The number of fused-ring (bicyclic) bond motifs is 3. The minimum absolute atomic E-state index is 0.498. The fraction of sp³-hybridized carbons (Fsp3) is 0.231. The monoisotopic (exact) mass is 245 g/mol. The fourth-order valence-electron chi connectivity index (χ4n) is 2.11. The number of halogens is 1. The molecular formula is C13H12ClN3. The van der Waals surface area contributed by atoms with Gasteiger partial charge < -0.3 is 0 Å². The lowest BCUT2D eigenvalue weighted by Crippen LogP contribution is -1.99. The number of hydrogen-bond acceptors (Lipinski definition) is 2. The number of aryl methyl sites for hydroxylation is 1. The number of hydrogen-bond donors (Lipinski definition) is 0. The molecule has 3 rings (SSSR count). The first-order valence-corrected chi connectivity index (χ1v) is 6.09. The van der Waals surface area contributed by atoms with Crippen LogP contribution in [0, 0.1) is 0 Å². The molecule has 0 aliphatic heterocycles. The molecule has 0 fully saturated rings. The molecule has 0 atom stereocenters. The van der Waals surface area contributed by atoms with E-state index in [9.17, 15) is 0 Å². The van der Waals surface area contributed by atoms with E-state index in [1.165, 1.54) is 0 Å². The third-order valence-electron chi connectivity index (χ3n) is 2.84. The average molecular weight is 246 g/mol. The first kappa shape index (κ1) is 10.5. The summed E-state index contributed by atoms with van der Waals surface area (Å²) in [6, 6.07) is 7.78. The highest BCUT2D eigenvalue weighted by molar-refractivity contribution is 6.29. The normalized spacial score (nSPS) is 11.4. The zero-order chi connectivity index (χ0) is 11.8. The van der Waals surface area contributed by atoms with Crippen molar-refractivity contribution in [3.05, 3.63) is 41.3 Å². The van der Waals surface area contributed by atoms with Crippen molar-refractivity contribution >= 4 is 28.3 Å². The van der Waals surface area contributed by atoms with Crippen LogP contribution in [0.25, 0.3) is 16.7 Å². The average Bonchev–Trinajstić information content (AvgIpc) is 2.80. The second-order valence-electron chi connectivity index (χ2n) is 4.05. The summed E-state index contributed by atoms with van der Waals surface area (Å²) >= 11 is 5.93. The van der Waals surface area contributed by atoms with Crippen LogP contribution in [0.3, 0.4) is 0 Å². The van der Waals surface area contributed by atoms with Crippen molar-refractivity contribution in [2.24, 2.45) is 0 Å². The van der Waals surface area contributed by atoms with Crippen LogP contribution >= 0.6 is 11.6 Å². The number of nitrogens with zero attached hydrogens (tertiary/aromatic N) is 3. The zero-order valence-corrected chi connectivity index (χ0v) is 10.3. The van der Waals surface area contributed by atoms with Crippen molar-refractivity contribution < 1.29 is 0 Å². The summed E-state index contributed by atoms with van der Waals surface area (Å²) in [6.45, 7) is 2.16. The molecule has 0 bridgehead atoms. The van der Waals surface area contributed by atoms with Gasteiger partial charge in [0.05, 0.1) is 11.2 Å². The molecule has 0 aromatic carbocycles. The van der Waals surface area contributed by atoms with Crippen molar-refractivity contribution in [1.82, 2.24) is 14.4 Å². The van der Waals surface area contributed by atoms with Gasteiger partial charge in [-0.3, -0.25) is 4.40 Å². The molecule has 0 aliphatic carbocycles. The Morgan fingerprint density at radius 1 is 1.24 bits per heavy atom. The minimum atomic E-state index is 0.498. The smallest absolute Gasteiger partial charge is 0.164 e. The van der Waals surface area contributed by atoms with Gasteiger partial charge in [0, 0.05) is 6.20 Å². The van der Waals surface area contributed by atoms with Gasteiger partial charge in [-0.1, -0.05) is 24.9 Å². The molecule has 3 heterocycles. The molecule has 86 valence electrons. The van der Waals surface area contributed by atoms with Gasteiger partial charge in [0.25, 0.3) is 0 Å². The topological polar surface area (TPSA) is 30.2 Å². The van der Waals surface area contributed by atoms with Gasteiger partial charge in [-0.15, -0.1) is 0 Å². The first-order chi connectivity index (χ1) is 8.29. The maximum atomic E-state index is 5.93. The fourth-order valence-corrected chi connectivity index (χ4v) is 2.25. The van der Waals surface area contributed by atoms with Crippen LogP contribution in [-0.4, -0.2) is 14.4 Å². The second kappa shape index (κ2) is 4.00. The Kier molecular flexibility index (Phi) is 2.48. The van der Waals surface area contributed by atoms with E-state index in [0.29, 0.717) is 5.15 Å². The van der Waals surface area contributed by atoms with Crippen LogP contribution in [-0.2, 0) is 6.42 Å². The summed E-state index contributed by atoms with van der Waals surface area (Å²) in [7, 11) is 0. The third kappa shape index (κ3) is 1.67. The van der Waals surface area contributed by atoms with Crippen LogP contribution in [0.4, 0.5) is 0 Å². The van der Waals surface area contributed by atoms with E-state index in [0.717, 1.165) is 35.2 Å². The Balaban J connectivity index is 2.42. The molecule has 3 aromatic heterocycles. The molecule has 3 nitrogen and oxygen atoms in total. The minimum Gasteiger partial charge on any atom is -0.298 e. The van der Waals surface area contributed by atoms with Gasteiger partial charge in [0.1, 0.15) is 10.7 Å². The van der Waals surface area contributed by atoms with Crippen molar-refractivity contribution in [3.8, 4) is 0 Å². The Morgan fingerprint density at radius 3 is 2.94 bits per heavy atom. The highest BCUT2D eigenvalue weighted by atomic mass is 35.5. The molecule has 0 N–H and O–H groups in total. The maximum Gasteiger partial charge on any atom is 0.164 e. The number of pyridine rings is 1. The van der Waals surface area contributed by atoms with E-state index >= 15 is 0 Å². The van der Waals surface area contributed by atoms with Crippen LogP contribution in [0.1, 0.15) is 19.0 Å². The van der Waals surface area contributed by atoms with Gasteiger partial charge in [0.15, 0.2) is 5.65 Å². The molecule has 0 unspecified atom stereocenters. The molecular weight excluding hydrogens is 234 g/mol. The second-order valence-corrected chi connectivity index (χ2v) is 4.44. The lowest BCUT2D eigenvalue weighted by Gasteiger charge is -2.07. The number of aromatic nitrogens is 3. The highest BCUT2D eigenvalue weighted by Gasteiger charge is 2.08. The summed E-state index contributed by atoms with van der Waals surface area (Å²) in [5.41, 5.74) is 3.95. The largest absolute Gasteiger partial charge is 0.298 e. The van der Waals surface area contributed by atoms with Crippen molar-refractivity contribution in [1.29, 1.82) is 0 Å². The summed E-state index contributed by atoms with van der Waals surface area (Å²) in [4.78, 5) is 9.01. The van der Waals surface area contributed by atoms with E-state index < -0.39 is 0 Å². The SMILES string of the molecule is CCCc1nc2ccc(Cl)nc2n2cccc12. The van der Waals surface area contributed by atoms with Crippen molar-refractivity contribution in [2.45, 2.75) is 19.8 Å². The third-order valence-corrected chi connectivity index (χ3v) is 3.05. The lowest BCUT2D eigenvalue weighted by atomic mass is 10.2. The van der Waals surface area contributed by atoms with Crippen molar-refractivity contribution in [2.75, 3.05) is 0 Å². The van der Waals surface area contributed by atoms with Crippen LogP contribution in [0.15, 0.2) is 30.5 Å². The number of rotatable bonds is 2. The molecule has 0 saturated heterocycles. The summed E-state index contributed by atoms with van der Waals surface area (Å²) in [6.07, 6.45) is 4.06. The highest BCUT2D eigenvalue weighted by Crippen LogP contribution is 2.20. The van der Waals surface area contributed by atoms with E-state index in [1.54, 1.807) is 6.07 Å². The molecule has 0 radical (unpaired) electrons. The van der Waals surface area contributed by atoms with Crippen molar-refractivity contribution in [3.63, 3.8) is 0 Å². The summed E-state index contributed by atoms with van der Waals surface area (Å²) < 4.78 is 2.05. The Hall–Kier alpha value is -1.61. The molecule has 0 aliphatic rings. The predicted octanol–water partition coefficient (Wildman–Crippen LogP) is 3.49. The van der Waals surface area contributed by atoms with Crippen LogP contribution < -0.4 is 0 Å². The standard InChI is InChI=1S/C13H12ClN3/c1-2-4-9-11-5-3-8-17(11)13-10(15-9)6-7-12(14)16-13/h3,5-8H,2,4H2,1H3.